The van der Waals surface area contributed by atoms with E-state index in [4.69, 9.17) is 4.74 Å². The van der Waals surface area contributed by atoms with Crippen molar-refractivity contribution in [2.24, 2.45) is 11.8 Å². The van der Waals surface area contributed by atoms with E-state index in [2.05, 4.69) is 0 Å². The van der Waals surface area contributed by atoms with Crippen LogP contribution in [0.2, 0.25) is 0 Å². The molecule has 1 aliphatic carbocycles. The van der Waals surface area contributed by atoms with Gasteiger partial charge in [0.05, 0.1) is 19.3 Å². The molecule has 1 heterocycles. The second kappa shape index (κ2) is 7.07. The van der Waals surface area contributed by atoms with Gasteiger partial charge in [-0.2, -0.15) is 0 Å². The highest BCUT2D eigenvalue weighted by atomic mass is 16.5. The maximum Gasteiger partial charge on any atom is 0.311 e. The van der Waals surface area contributed by atoms with E-state index >= 15 is 0 Å². The fourth-order valence-electron chi connectivity index (χ4n) is 3.35. The Morgan fingerprint density at radius 3 is 2.50 bits per heavy atom. The molecule has 0 aromatic rings. The minimum Gasteiger partial charge on any atom is -0.481 e. The van der Waals surface area contributed by atoms with Crippen LogP contribution in [0.4, 0.5) is 0 Å². The number of hydrogen-bond donors (Lipinski definition) is 1. The van der Waals surface area contributed by atoms with Crippen LogP contribution >= 0.6 is 0 Å². The third-order valence-corrected chi connectivity index (χ3v) is 4.47. The molecule has 0 radical (unpaired) electrons. The Balaban J connectivity index is 2.08. The van der Waals surface area contributed by atoms with Crippen LogP contribution in [0.5, 0.6) is 0 Å². The lowest BCUT2D eigenvalue weighted by Crippen LogP contribution is -2.49. The predicted molar refractivity (Wildman–Crippen MR) is 74.3 cm³/mol. The number of carbonyl (C=O) groups excluding carboxylic acids is 1. The molecule has 1 aliphatic heterocycles. The van der Waals surface area contributed by atoms with Crippen LogP contribution in [0.25, 0.3) is 0 Å². The quantitative estimate of drug-likeness (QED) is 0.837. The highest BCUT2D eigenvalue weighted by molar-refractivity contribution is 5.80. The van der Waals surface area contributed by atoms with Gasteiger partial charge in [0.2, 0.25) is 5.91 Å². The molecule has 5 heteroatoms. The summed E-state index contributed by atoms with van der Waals surface area (Å²) in [5.74, 6) is -1.20. The van der Waals surface area contributed by atoms with Crippen molar-refractivity contribution in [2.45, 2.75) is 51.5 Å². The average Bonchev–Trinajstić information content (AvgIpc) is 2.94. The van der Waals surface area contributed by atoms with E-state index in [0.29, 0.717) is 13.2 Å². The maximum absolute atomic E-state index is 12.7. The van der Waals surface area contributed by atoms with Gasteiger partial charge in [0.15, 0.2) is 0 Å². The van der Waals surface area contributed by atoms with Gasteiger partial charge in [0.1, 0.15) is 5.92 Å². The van der Waals surface area contributed by atoms with E-state index in [0.717, 1.165) is 32.1 Å². The maximum atomic E-state index is 12.7. The molecule has 1 saturated carbocycles. The summed E-state index contributed by atoms with van der Waals surface area (Å²) in [6.45, 7) is 3.23. The van der Waals surface area contributed by atoms with Gasteiger partial charge in [-0.15, -0.1) is 0 Å². The van der Waals surface area contributed by atoms with Gasteiger partial charge in [0, 0.05) is 12.5 Å². The van der Waals surface area contributed by atoms with Gasteiger partial charge in [-0.05, 0) is 19.3 Å². The lowest BCUT2D eigenvalue weighted by Gasteiger charge is -2.34. The fourth-order valence-corrected chi connectivity index (χ4v) is 3.35. The number of nitrogens with zero attached hydrogens (tertiary/aromatic N) is 1. The molecule has 0 spiro atoms. The van der Waals surface area contributed by atoms with Gasteiger partial charge < -0.3 is 14.7 Å². The molecule has 5 nitrogen and oxygen atoms in total. The molecule has 0 bridgehead atoms. The summed E-state index contributed by atoms with van der Waals surface area (Å²) in [6, 6.07) is -0.290. The standard InChI is InChI=1S/C15H25NO4/c1-2-8-16(13-10-20-9-12(13)15(18)19)14(17)11-6-4-3-5-7-11/h11-13H,2-10H2,1H3,(H,18,19). The molecule has 20 heavy (non-hydrogen) atoms. The van der Waals surface area contributed by atoms with Crippen LogP contribution < -0.4 is 0 Å². The van der Waals surface area contributed by atoms with Gasteiger partial charge in [0.25, 0.3) is 0 Å². The van der Waals surface area contributed by atoms with E-state index in [1.165, 1.54) is 6.42 Å². The zero-order valence-electron chi connectivity index (χ0n) is 12.2. The van der Waals surface area contributed by atoms with Crippen molar-refractivity contribution in [3.8, 4) is 0 Å². The van der Waals surface area contributed by atoms with Gasteiger partial charge >= 0.3 is 5.97 Å². The van der Waals surface area contributed by atoms with Crippen LogP contribution in [0, 0.1) is 11.8 Å². The molecule has 2 rings (SSSR count). The van der Waals surface area contributed by atoms with Crippen molar-refractivity contribution in [3.05, 3.63) is 0 Å². The molecular formula is C15H25NO4. The predicted octanol–water partition coefficient (Wildman–Crippen LogP) is 1.90. The molecule has 2 unspecified atom stereocenters. The number of amides is 1. The summed E-state index contributed by atoms with van der Waals surface area (Å²) in [4.78, 5) is 25.8. The largest absolute Gasteiger partial charge is 0.481 e. The minimum atomic E-state index is -0.856. The normalized spacial score (nSPS) is 27.4. The van der Waals surface area contributed by atoms with Crippen molar-refractivity contribution < 1.29 is 19.4 Å². The molecule has 2 aliphatic rings. The first-order chi connectivity index (χ1) is 9.65. The van der Waals surface area contributed by atoms with Crippen molar-refractivity contribution in [3.63, 3.8) is 0 Å². The SMILES string of the molecule is CCCN(C(=O)C1CCCCC1)C1COCC1C(=O)O. The summed E-state index contributed by atoms with van der Waals surface area (Å²) in [6.07, 6.45) is 6.18. The van der Waals surface area contributed by atoms with E-state index in [1.54, 1.807) is 4.90 Å². The third kappa shape index (κ3) is 3.32. The smallest absolute Gasteiger partial charge is 0.311 e. The summed E-state index contributed by atoms with van der Waals surface area (Å²) in [5.41, 5.74) is 0. The first kappa shape index (κ1) is 15.3. The lowest BCUT2D eigenvalue weighted by molar-refractivity contribution is -0.146. The number of carboxylic acids is 1. The molecule has 0 aromatic carbocycles. The molecule has 1 amide bonds. The summed E-state index contributed by atoms with van der Waals surface area (Å²) in [5, 5.41) is 9.27. The van der Waals surface area contributed by atoms with Crippen molar-refractivity contribution in [2.75, 3.05) is 19.8 Å². The van der Waals surface area contributed by atoms with Crippen LogP contribution in [-0.4, -0.2) is 47.7 Å². The zero-order valence-corrected chi connectivity index (χ0v) is 12.2. The number of hydrogen-bond acceptors (Lipinski definition) is 3. The molecule has 114 valence electrons. The van der Waals surface area contributed by atoms with Crippen LogP contribution in [0.3, 0.4) is 0 Å². The molecule has 2 atom stereocenters. The second-order valence-electron chi connectivity index (χ2n) is 5.92. The lowest BCUT2D eigenvalue weighted by atomic mass is 9.87. The van der Waals surface area contributed by atoms with Crippen molar-refractivity contribution >= 4 is 11.9 Å². The first-order valence-electron chi connectivity index (χ1n) is 7.76. The number of aliphatic carboxylic acids is 1. The summed E-state index contributed by atoms with van der Waals surface area (Å²) in [7, 11) is 0. The Labute approximate surface area is 120 Å². The second-order valence-corrected chi connectivity index (χ2v) is 5.92. The first-order valence-corrected chi connectivity index (χ1v) is 7.76. The van der Waals surface area contributed by atoms with Crippen molar-refractivity contribution in [1.29, 1.82) is 0 Å². The monoisotopic (exact) mass is 283 g/mol. The molecule has 1 N–H and O–H groups in total. The Morgan fingerprint density at radius 2 is 1.90 bits per heavy atom. The van der Waals surface area contributed by atoms with Gasteiger partial charge in [-0.3, -0.25) is 9.59 Å². The Hall–Kier alpha value is -1.10. The van der Waals surface area contributed by atoms with Crippen LogP contribution in [0.1, 0.15) is 45.4 Å². The molecule has 0 aromatic heterocycles. The van der Waals surface area contributed by atoms with E-state index in [9.17, 15) is 14.7 Å². The average molecular weight is 283 g/mol. The Kier molecular flexibility index (Phi) is 5.40. The zero-order chi connectivity index (χ0) is 14.5. The third-order valence-electron chi connectivity index (χ3n) is 4.47. The number of carbonyl (C=O) groups is 2. The molecule has 1 saturated heterocycles. The van der Waals surface area contributed by atoms with Gasteiger partial charge in [-0.1, -0.05) is 26.2 Å². The number of carboxylic acid groups (broad SMARTS) is 1. The van der Waals surface area contributed by atoms with E-state index in [1.807, 2.05) is 6.92 Å². The van der Waals surface area contributed by atoms with E-state index < -0.39 is 11.9 Å². The Morgan fingerprint density at radius 1 is 1.20 bits per heavy atom. The summed E-state index contributed by atoms with van der Waals surface area (Å²) < 4.78 is 5.32. The summed E-state index contributed by atoms with van der Waals surface area (Å²) >= 11 is 0. The highest BCUT2D eigenvalue weighted by Gasteiger charge is 2.41. The highest BCUT2D eigenvalue weighted by Crippen LogP contribution is 2.29. The van der Waals surface area contributed by atoms with Crippen molar-refractivity contribution in [1.82, 2.24) is 4.90 Å². The van der Waals surface area contributed by atoms with Crippen LogP contribution in [-0.2, 0) is 14.3 Å². The topological polar surface area (TPSA) is 66.8 Å². The minimum absolute atomic E-state index is 0.0883. The number of ether oxygens (including phenoxy) is 1. The van der Waals surface area contributed by atoms with Crippen LogP contribution in [0.15, 0.2) is 0 Å². The molecule has 2 fully saturated rings. The van der Waals surface area contributed by atoms with E-state index in [-0.39, 0.29) is 24.5 Å². The fraction of sp³-hybridized carbons (Fsp3) is 0.867. The number of rotatable bonds is 5. The molecular weight excluding hydrogens is 258 g/mol. The Bertz CT molecular complexity index is 352. The van der Waals surface area contributed by atoms with Gasteiger partial charge in [-0.25, -0.2) is 0 Å².